The van der Waals surface area contributed by atoms with Crippen molar-refractivity contribution >= 4 is 35.0 Å². The second-order valence-electron chi connectivity index (χ2n) is 5.05. The Kier molecular flexibility index (Phi) is 5.39. The summed E-state index contributed by atoms with van der Waals surface area (Å²) in [6.45, 7) is 4.78. The molecule has 0 bridgehead atoms. The van der Waals surface area contributed by atoms with Gasteiger partial charge in [0.2, 0.25) is 5.16 Å². The highest BCUT2D eigenvalue weighted by Crippen LogP contribution is 2.30. The van der Waals surface area contributed by atoms with Gasteiger partial charge in [-0.05, 0) is 43.1 Å². The first-order valence-corrected chi connectivity index (χ1v) is 9.04. The van der Waals surface area contributed by atoms with Crippen molar-refractivity contribution < 1.29 is 14.3 Å². The van der Waals surface area contributed by atoms with E-state index in [1.165, 1.54) is 11.8 Å². The molecule has 0 aliphatic carbocycles. The summed E-state index contributed by atoms with van der Waals surface area (Å²) >= 11 is 6.74. The van der Waals surface area contributed by atoms with Crippen LogP contribution in [0.25, 0.3) is 0 Å². The maximum Gasteiger partial charge on any atom is 0.257 e. The fourth-order valence-corrected chi connectivity index (χ4v) is 3.03. The van der Waals surface area contributed by atoms with Gasteiger partial charge in [0, 0.05) is 5.56 Å². The van der Waals surface area contributed by atoms with Crippen LogP contribution in [0.3, 0.4) is 0 Å². The smallest absolute Gasteiger partial charge is 0.257 e. The molecular weight excluding hydrogens is 362 g/mol. The number of amides is 1. The van der Waals surface area contributed by atoms with E-state index in [0.717, 1.165) is 5.75 Å². The van der Waals surface area contributed by atoms with Crippen LogP contribution < -0.4 is 20.2 Å². The standard InChI is InChI=1S/C15H17N5O3S2/c1-3-25-15-18-17-9(2)20(15)19-14(24)16-13(21)10-4-5-11-12(8-10)23-7-6-22-11/h4-5,8H,3,6-7H2,1-2H3,(H2,16,19,21,24). The van der Waals surface area contributed by atoms with E-state index in [9.17, 15) is 4.79 Å². The van der Waals surface area contributed by atoms with Gasteiger partial charge in [-0.1, -0.05) is 18.7 Å². The first-order chi connectivity index (χ1) is 12.1. The lowest BCUT2D eigenvalue weighted by molar-refractivity contribution is 0.0976. The Balaban J connectivity index is 1.67. The molecule has 25 heavy (non-hydrogen) atoms. The molecule has 0 spiro atoms. The number of nitrogens with one attached hydrogen (secondary N) is 2. The number of thiocarbonyl (C=S) groups is 1. The van der Waals surface area contributed by atoms with E-state index in [2.05, 4.69) is 20.9 Å². The van der Waals surface area contributed by atoms with Crippen molar-refractivity contribution in [3.63, 3.8) is 0 Å². The van der Waals surface area contributed by atoms with E-state index in [1.807, 2.05) is 6.92 Å². The summed E-state index contributed by atoms with van der Waals surface area (Å²) in [6, 6.07) is 5.00. The number of hydrogen-bond acceptors (Lipinski definition) is 7. The van der Waals surface area contributed by atoms with Crippen LogP contribution in [0.5, 0.6) is 11.5 Å². The first-order valence-electron chi connectivity index (χ1n) is 7.65. The zero-order chi connectivity index (χ0) is 17.8. The SMILES string of the molecule is CCSc1nnc(C)n1NC(=S)NC(=O)c1ccc2c(c1)OCCO2. The lowest BCUT2D eigenvalue weighted by Gasteiger charge is -2.19. The number of carbonyl (C=O) groups is 1. The van der Waals surface area contributed by atoms with Gasteiger partial charge in [-0.15, -0.1) is 10.2 Å². The zero-order valence-electron chi connectivity index (χ0n) is 13.7. The highest BCUT2D eigenvalue weighted by atomic mass is 32.2. The summed E-state index contributed by atoms with van der Waals surface area (Å²) in [5.74, 6) is 2.33. The topological polar surface area (TPSA) is 90.3 Å². The molecule has 1 amide bonds. The van der Waals surface area contributed by atoms with Crippen molar-refractivity contribution in [1.29, 1.82) is 0 Å². The number of fused-ring (bicyclic) bond motifs is 1. The van der Waals surface area contributed by atoms with Crippen LogP contribution in [0, 0.1) is 6.92 Å². The highest BCUT2D eigenvalue weighted by Gasteiger charge is 2.16. The van der Waals surface area contributed by atoms with E-state index < -0.39 is 0 Å². The van der Waals surface area contributed by atoms with Crippen molar-refractivity contribution in [3.8, 4) is 11.5 Å². The third-order valence-electron chi connectivity index (χ3n) is 3.31. The Bertz CT molecular complexity index is 808. The molecule has 0 unspecified atom stereocenters. The van der Waals surface area contributed by atoms with Gasteiger partial charge in [-0.3, -0.25) is 15.5 Å². The number of thioether (sulfide) groups is 1. The number of carbonyl (C=O) groups excluding carboxylic acids is 1. The van der Waals surface area contributed by atoms with Crippen LogP contribution in [0.2, 0.25) is 0 Å². The van der Waals surface area contributed by atoms with Gasteiger partial charge in [0.1, 0.15) is 19.0 Å². The van der Waals surface area contributed by atoms with Crippen LogP contribution in [-0.2, 0) is 0 Å². The second-order valence-corrected chi connectivity index (χ2v) is 6.69. The lowest BCUT2D eigenvalue weighted by Crippen LogP contribution is -2.38. The summed E-state index contributed by atoms with van der Waals surface area (Å²) < 4.78 is 12.6. The molecule has 2 aromatic rings. The molecule has 132 valence electrons. The Morgan fingerprint density at radius 2 is 2.08 bits per heavy atom. The molecule has 0 saturated carbocycles. The van der Waals surface area contributed by atoms with E-state index in [4.69, 9.17) is 21.7 Å². The largest absolute Gasteiger partial charge is 0.486 e. The maximum atomic E-state index is 12.4. The summed E-state index contributed by atoms with van der Waals surface area (Å²) in [5, 5.41) is 11.5. The predicted octanol–water partition coefficient (Wildman–Crippen LogP) is 1.73. The Morgan fingerprint density at radius 1 is 1.32 bits per heavy atom. The minimum atomic E-state index is -0.343. The number of ether oxygens (including phenoxy) is 2. The molecule has 2 N–H and O–H groups in total. The molecule has 1 aromatic carbocycles. The Hall–Kier alpha value is -2.33. The molecule has 0 radical (unpaired) electrons. The van der Waals surface area contributed by atoms with Gasteiger partial charge in [0.25, 0.3) is 5.91 Å². The molecule has 2 heterocycles. The van der Waals surface area contributed by atoms with Gasteiger partial charge < -0.3 is 9.47 Å². The monoisotopic (exact) mass is 379 g/mol. The quantitative estimate of drug-likeness (QED) is 0.613. The fourth-order valence-electron chi connectivity index (χ4n) is 2.18. The summed E-state index contributed by atoms with van der Waals surface area (Å²) in [5.41, 5.74) is 3.35. The number of aryl methyl sites for hydroxylation is 1. The van der Waals surface area contributed by atoms with E-state index in [0.29, 0.717) is 41.3 Å². The van der Waals surface area contributed by atoms with Crippen LogP contribution in [0.15, 0.2) is 23.4 Å². The molecule has 8 nitrogen and oxygen atoms in total. The summed E-state index contributed by atoms with van der Waals surface area (Å²) in [7, 11) is 0. The summed E-state index contributed by atoms with van der Waals surface area (Å²) in [4.78, 5) is 12.4. The number of hydrogen-bond donors (Lipinski definition) is 2. The second kappa shape index (κ2) is 7.70. The van der Waals surface area contributed by atoms with Crippen molar-refractivity contribution in [2.24, 2.45) is 0 Å². The van der Waals surface area contributed by atoms with Crippen LogP contribution in [0.1, 0.15) is 23.1 Å². The summed E-state index contributed by atoms with van der Waals surface area (Å²) in [6.07, 6.45) is 0. The van der Waals surface area contributed by atoms with Crippen molar-refractivity contribution in [2.45, 2.75) is 19.0 Å². The van der Waals surface area contributed by atoms with Crippen LogP contribution in [0.4, 0.5) is 0 Å². The maximum absolute atomic E-state index is 12.4. The molecule has 10 heteroatoms. The van der Waals surface area contributed by atoms with Crippen molar-refractivity contribution in [2.75, 3.05) is 24.4 Å². The zero-order valence-corrected chi connectivity index (χ0v) is 15.4. The molecule has 1 aliphatic rings. The number of benzene rings is 1. The van der Waals surface area contributed by atoms with Gasteiger partial charge in [-0.2, -0.15) is 0 Å². The number of nitrogens with zero attached hydrogens (tertiary/aromatic N) is 3. The average molecular weight is 379 g/mol. The van der Waals surface area contributed by atoms with E-state index >= 15 is 0 Å². The third-order valence-corrected chi connectivity index (χ3v) is 4.32. The van der Waals surface area contributed by atoms with Gasteiger partial charge in [-0.25, -0.2) is 4.68 Å². The van der Waals surface area contributed by atoms with Gasteiger partial charge in [0.15, 0.2) is 16.6 Å². The van der Waals surface area contributed by atoms with Crippen LogP contribution in [-0.4, -0.2) is 44.9 Å². The van der Waals surface area contributed by atoms with Gasteiger partial charge >= 0.3 is 0 Å². The van der Waals surface area contributed by atoms with Crippen LogP contribution >= 0.6 is 24.0 Å². The minimum absolute atomic E-state index is 0.153. The molecule has 0 atom stereocenters. The highest BCUT2D eigenvalue weighted by molar-refractivity contribution is 7.99. The molecule has 0 fully saturated rings. The predicted molar refractivity (Wildman–Crippen MR) is 98.0 cm³/mol. The minimum Gasteiger partial charge on any atom is -0.486 e. The van der Waals surface area contributed by atoms with Gasteiger partial charge in [0.05, 0.1) is 0 Å². The number of rotatable bonds is 4. The van der Waals surface area contributed by atoms with E-state index in [-0.39, 0.29) is 11.0 Å². The average Bonchev–Trinajstić information content (AvgIpc) is 2.95. The Morgan fingerprint density at radius 3 is 2.84 bits per heavy atom. The van der Waals surface area contributed by atoms with Crippen molar-refractivity contribution in [3.05, 3.63) is 29.6 Å². The molecule has 3 rings (SSSR count). The first kappa shape index (κ1) is 17.5. The fraction of sp³-hybridized carbons (Fsp3) is 0.333. The molecule has 1 aliphatic heterocycles. The van der Waals surface area contributed by atoms with Crippen molar-refractivity contribution in [1.82, 2.24) is 20.2 Å². The van der Waals surface area contributed by atoms with E-state index in [1.54, 1.807) is 29.8 Å². The molecule has 1 aromatic heterocycles. The Labute approximate surface area is 154 Å². The third kappa shape index (κ3) is 4.02. The number of aromatic nitrogens is 3. The lowest BCUT2D eigenvalue weighted by atomic mass is 10.2. The normalized spacial score (nSPS) is 12.6. The molecule has 0 saturated heterocycles. The molecular formula is C15H17N5O3S2.